The van der Waals surface area contributed by atoms with Gasteiger partial charge in [0, 0.05) is 29.9 Å². The quantitative estimate of drug-likeness (QED) is 0.852. The Kier molecular flexibility index (Phi) is 5.71. The first kappa shape index (κ1) is 16.1. The van der Waals surface area contributed by atoms with Gasteiger partial charge in [-0.1, -0.05) is 0 Å². The van der Waals surface area contributed by atoms with Crippen LogP contribution in [0.5, 0.6) is 0 Å². The summed E-state index contributed by atoms with van der Waals surface area (Å²) in [7, 11) is 0. The highest BCUT2D eigenvalue weighted by Crippen LogP contribution is 2.22. The van der Waals surface area contributed by atoms with E-state index in [1.807, 2.05) is 17.5 Å². The molecule has 3 heterocycles. The van der Waals surface area contributed by atoms with Crippen LogP contribution >= 0.6 is 11.3 Å². The van der Waals surface area contributed by atoms with Crippen LogP contribution in [0.3, 0.4) is 0 Å². The summed E-state index contributed by atoms with van der Waals surface area (Å²) in [6.45, 7) is 2.97. The van der Waals surface area contributed by atoms with E-state index in [1.54, 1.807) is 23.7 Å². The van der Waals surface area contributed by atoms with Gasteiger partial charge in [-0.2, -0.15) is 0 Å². The van der Waals surface area contributed by atoms with Crippen molar-refractivity contribution in [3.05, 3.63) is 35.6 Å². The molecule has 1 atom stereocenters. The van der Waals surface area contributed by atoms with E-state index in [0.29, 0.717) is 12.3 Å². The fourth-order valence-electron chi connectivity index (χ4n) is 2.82. The van der Waals surface area contributed by atoms with Gasteiger partial charge in [0.15, 0.2) is 0 Å². The SMILES string of the molecule is O=C(Cc1csc(-c2cccnc2)n1)NCCC1CCCNC1. The van der Waals surface area contributed by atoms with Crippen LogP contribution < -0.4 is 10.6 Å². The van der Waals surface area contributed by atoms with Crippen LogP contribution in [0.4, 0.5) is 0 Å². The van der Waals surface area contributed by atoms with Gasteiger partial charge in [0.25, 0.3) is 0 Å². The molecule has 0 spiro atoms. The van der Waals surface area contributed by atoms with E-state index in [4.69, 9.17) is 0 Å². The Morgan fingerprint density at radius 3 is 3.22 bits per heavy atom. The molecule has 1 aliphatic rings. The smallest absolute Gasteiger partial charge is 0.226 e. The monoisotopic (exact) mass is 330 g/mol. The molecule has 0 aliphatic carbocycles. The van der Waals surface area contributed by atoms with Crippen molar-refractivity contribution in [3.63, 3.8) is 0 Å². The second kappa shape index (κ2) is 8.17. The molecule has 0 bridgehead atoms. The molecule has 2 aromatic heterocycles. The number of amides is 1. The van der Waals surface area contributed by atoms with Gasteiger partial charge in [-0.3, -0.25) is 9.78 Å². The Hall–Kier alpha value is -1.79. The van der Waals surface area contributed by atoms with Crippen LogP contribution in [0.25, 0.3) is 10.6 Å². The number of piperidine rings is 1. The number of aromatic nitrogens is 2. The van der Waals surface area contributed by atoms with Gasteiger partial charge in [0.2, 0.25) is 5.91 Å². The van der Waals surface area contributed by atoms with Crippen molar-refractivity contribution < 1.29 is 4.79 Å². The summed E-state index contributed by atoms with van der Waals surface area (Å²) in [6, 6.07) is 3.87. The van der Waals surface area contributed by atoms with E-state index < -0.39 is 0 Å². The number of rotatable bonds is 6. The topological polar surface area (TPSA) is 66.9 Å². The summed E-state index contributed by atoms with van der Waals surface area (Å²) >= 11 is 1.55. The second-order valence-electron chi connectivity index (χ2n) is 5.91. The van der Waals surface area contributed by atoms with Crippen molar-refractivity contribution in [3.8, 4) is 10.6 Å². The normalized spacial score (nSPS) is 17.8. The molecular formula is C17H22N4OS. The number of nitrogens with zero attached hydrogens (tertiary/aromatic N) is 2. The molecule has 1 fully saturated rings. The minimum atomic E-state index is 0.0526. The standard InChI is InChI=1S/C17H22N4OS/c22-16(20-8-5-13-3-1-6-18-10-13)9-15-12-23-17(21-15)14-4-2-7-19-11-14/h2,4,7,11-13,18H,1,3,5-6,8-10H2,(H,20,22). The highest BCUT2D eigenvalue weighted by molar-refractivity contribution is 7.13. The molecule has 1 amide bonds. The van der Waals surface area contributed by atoms with Gasteiger partial charge in [-0.25, -0.2) is 4.98 Å². The molecule has 0 saturated carbocycles. The average molecular weight is 330 g/mol. The fourth-order valence-corrected chi connectivity index (χ4v) is 3.63. The molecule has 2 aromatic rings. The Morgan fingerprint density at radius 2 is 2.43 bits per heavy atom. The first-order valence-electron chi connectivity index (χ1n) is 8.13. The lowest BCUT2D eigenvalue weighted by molar-refractivity contribution is -0.120. The zero-order chi connectivity index (χ0) is 15.9. The number of pyridine rings is 1. The molecule has 1 saturated heterocycles. The van der Waals surface area contributed by atoms with Gasteiger partial charge in [-0.15, -0.1) is 11.3 Å². The Bertz CT molecular complexity index is 623. The van der Waals surface area contributed by atoms with E-state index in [1.165, 1.54) is 12.8 Å². The summed E-state index contributed by atoms with van der Waals surface area (Å²) in [5.74, 6) is 0.748. The lowest BCUT2D eigenvalue weighted by Crippen LogP contribution is -2.33. The zero-order valence-corrected chi connectivity index (χ0v) is 13.9. The number of hydrogen-bond acceptors (Lipinski definition) is 5. The first-order valence-corrected chi connectivity index (χ1v) is 9.01. The van der Waals surface area contributed by atoms with Crippen LogP contribution in [0, 0.1) is 5.92 Å². The summed E-state index contributed by atoms with van der Waals surface area (Å²) in [4.78, 5) is 20.6. The maximum atomic E-state index is 12.0. The van der Waals surface area contributed by atoms with Gasteiger partial charge in [-0.05, 0) is 50.4 Å². The Labute approximate surface area is 140 Å². The molecule has 23 heavy (non-hydrogen) atoms. The third-order valence-corrected chi connectivity index (χ3v) is 5.02. The number of nitrogens with one attached hydrogen (secondary N) is 2. The van der Waals surface area contributed by atoms with Gasteiger partial charge >= 0.3 is 0 Å². The molecule has 1 aliphatic heterocycles. The maximum Gasteiger partial charge on any atom is 0.226 e. The number of thiazole rings is 1. The molecule has 0 aromatic carbocycles. The summed E-state index contributed by atoms with van der Waals surface area (Å²) in [6.07, 6.45) is 7.45. The predicted octanol–water partition coefficient (Wildman–Crippen LogP) is 2.25. The number of hydrogen-bond donors (Lipinski definition) is 2. The minimum absolute atomic E-state index is 0.0526. The third kappa shape index (κ3) is 4.84. The van der Waals surface area contributed by atoms with E-state index in [-0.39, 0.29) is 5.91 Å². The molecule has 2 N–H and O–H groups in total. The molecule has 0 radical (unpaired) electrons. The van der Waals surface area contributed by atoms with Crippen LogP contribution in [0.15, 0.2) is 29.9 Å². The van der Waals surface area contributed by atoms with Crippen molar-refractivity contribution in [1.82, 2.24) is 20.6 Å². The molecule has 6 heteroatoms. The molecule has 1 unspecified atom stereocenters. The zero-order valence-electron chi connectivity index (χ0n) is 13.1. The van der Waals surface area contributed by atoms with Crippen molar-refractivity contribution >= 4 is 17.2 Å². The van der Waals surface area contributed by atoms with E-state index in [9.17, 15) is 4.79 Å². The Morgan fingerprint density at radius 1 is 1.48 bits per heavy atom. The van der Waals surface area contributed by atoms with Crippen LogP contribution in [0.2, 0.25) is 0 Å². The van der Waals surface area contributed by atoms with E-state index in [0.717, 1.165) is 42.3 Å². The van der Waals surface area contributed by atoms with E-state index >= 15 is 0 Å². The largest absolute Gasteiger partial charge is 0.356 e. The number of carbonyl (C=O) groups is 1. The van der Waals surface area contributed by atoms with Gasteiger partial charge in [0.1, 0.15) is 5.01 Å². The third-order valence-electron chi connectivity index (χ3n) is 4.08. The molecule has 5 nitrogen and oxygen atoms in total. The fraction of sp³-hybridized carbons (Fsp3) is 0.471. The maximum absolute atomic E-state index is 12.0. The van der Waals surface area contributed by atoms with Gasteiger partial charge in [0.05, 0.1) is 12.1 Å². The lowest BCUT2D eigenvalue weighted by Gasteiger charge is -2.22. The first-order chi connectivity index (χ1) is 11.3. The van der Waals surface area contributed by atoms with Crippen molar-refractivity contribution in [2.24, 2.45) is 5.92 Å². The molecule has 122 valence electrons. The summed E-state index contributed by atoms with van der Waals surface area (Å²) in [5.41, 5.74) is 1.82. The average Bonchev–Trinajstić information content (AvgIpc) is 3.05. The lowest BCUT2D eigenvalue weighted by atomic mass is 9.96. The predicted molar refractivity (Wildman–Crippen MR) is 92.3 cm³/mol. The van der Waals surface area contributed by atoms with Crippen molar-refractivity contribution in [2.75, 3.05) is 19.6 Å². The molecule has 3 rings (SSSR count). The highest BCUT2D eigenvalue weighted by atomic mass is 32.1. The van der Waals surface area contributed by atoms with Crippen molar-refractivity contribution in [1.29, 1.82) is 0 Å². The van der Waals surface area contributed by atoms with Crippen LogP contribution in [0.1, 0.15) is 25.0 Å². The van der Waals surface area contributed by atoms with Crippen molar-refractivity contribution in [2.45, 2.75) is 25.7 Å². The van der Waals surface area contributed by atoms with Gasteiger partial charge < -0.3 is 10.6 Å². The highest BCUT2D eigenvalue weighted by Gasteiger charge is 2.13. The Balaban J connectivity index is 1.44. The molecular weight excluding hydrogens is 308 g/mol. The second-order valence-corrected chi connectivity index (χ2v) is 6.77. The summed E-state index contributed by atoms with van der Waals surface area (Å²) in [5, 5.41) is 9.28. The number of carbonyl (C=O) groups excluding carboxylic acids is 1. The van der Waals surface area contributed by atoms with Crippen LogP contribution in [-0.4, -0.2) is 35.5 Å². The minimum Gasteiger partial charge on any atom is -0.356 e. The summed E-state index contributed by atoms with van der Waals surface area (Å²) < 4.78 is 0. The van der Waals surface area contributed by atoms with Crippen LogP contribution in [-0.2, 0) is 11.2 Å². The van der Waals surface area contributed by atoms with E-state index in [2.05, 4.69) is 20.6 Å².